The van der Waals surface area contributed by atoms with Crippen LogP contribution >= 0.6 is 0 Å². The van der Waals surface area contributed by atoms with Crippen LogP contribution in [0, 0.1) is 0 Å². The Morgan fingerprint density at radius 3 is 2.94 bits per heavy atom. The highest BCUT2D eigenvalue weighted by molar-refractivity contribution is 7.91. The molecule has 0 amide bonds. The van der Waals surface area contributed by atoms with Crippen molar-refractivity contribution in [2.75, 3.05) is 28.4 Å². The maximum Gasteiger partial charge on any atom is 0.154 e. The Balaban J connectivity index is 2.23. The van der Waals surface area contributed by atoms with Crippen molar-refractivity contribution in [2.45, 2.75) is 13.0 Å². The Bertz CT molecular complexity index is 504. The van der Waals surface area contributed by atoms with Gasteiger partial charge in [0.2, 0.25) is 0 Å². The van der Waals surface area contributed by atoms with Gasteiger partial charge in [0, 0.05) is 18.7 Å². The van der Waals surface area contributed by atoms with Crippen molar-refractivity contribution < 1.29 is 8.42 Å². The summed E-state index contributed by atoms with van der Waals surface area (Å²) in [7, 11) is -2.91. The topological polar surface area (TPSA) is 101 Å². The van der Waals surface area contributed by atoms with Crippen LogP contribution in [0.4, 0.5) is 11.6 Å². The van der Waals surface area contributed by atoms with Crippen LogP contribution in [0.2, 0.25) is 0 Å². The summed E-state index contributed by atoms with van der Waals surface area (Å²) in [5.41, 5.74) is 2.44. The molecule has 1 aliphatic rings. The molecule has 1 atom stereocenters. The van der Waals surface area contributed by atoms with Gasteiger partial charge in [0.1, 0.15) is 18.0 Å². The molecule has 2 heterocycles. The van der Waals surface area contributed by atoms with E-state index in [0.717, 1.165) is 0 Å². The summed E-state index contributed by atoms with van der Waals surface area (Å²) >= 11 is 0. The lowest BCUT2D eigenvalue weighted by Crippen LogP contribution is -2.47. The third-order valence-corrected chi connectivity index (χ3v) is 4.56. The van der Waals surface area contributed by atoms with Crippen LogP contribution in [-0.4, -0.2) is 42.5 Å². The Kier molecular flexibility index (Phi) is 3.16. The van der Waals surface area contributed by atoms with Crippen LogP contribution < -0.4 is 16.2 Å². The SMILES string of the molecule is CC1CS(=O)(=O)CCN1c1cc(NN)ncn1. The minimum absolute atomic E-state index is 0.0886. The number of aromatic nitrogens is 2. The van der Waals surface area contributed by atoms with Gasteiger partial charge in [0.05, 0.1) is 11.5 Å². The van der Waals surface area contributed by atoms with Crippen LogP contribution in [0.25, 0.3) is 0 Å². The average Bonchev–Trinajstić information content (AvgIpc) is 2.28. The largest absolute Gasteiger partial charge is 0.352 e. The van der Waals surface area contributed by atoms with Crippen molar-refractivity contribution in [3.63, 3.8) is 0 Å². The van der Waals surface area contributed by atoms with Gasteiger partial charge in [-0.05, 0) is 6.92 Å². The Morgan fingerprint density at radius 1 is 1.53 bits per heavy atom. The van der Waals surface area contributed by atoms with Gasteiger partial charge in [-0.3, -0.25) is 0 Å². The fourth-order valence-corrected chi connectivity index (χ4v) is 3.48. The van der Waals surface area contributed by atoms with Gasteiger partial charge in [0.15, 0.2) is 9.84 Å². The quantitative estimate of drug-likeness (QED) is 0.538. The Labute approximate surface area is 99.9 Å². The van der Waals surface area contributed by atoms with Crippen molar-refractivity contribution in [1.29, 1.82) is 0 Å². The molecule has 1 saturated heterocycles. The number of sulfone groups is 1. The fourth-order valence-electron chi connectivity index (χ4n) is 1.92. The molecule has 0 spiro atoms. The van der Waals surface area contributed by atoms with E-state index in [4.69, 9.17) is 5.84 Å². The van der Waals surface area contributed by atoms with Gasteiger partial charge in [-0.1, -0.05) is 0 Å². The first-order chi connectivity index (χ1) is 8.02. The number of hydrogen-bond acceptors (Lipinski definition) is 7. The zero-order chi connectivity index (χ0) is 12.5. The van der Waals surface area contributed by atoms with Crippen molar-refractivity contribution >= 4 is 21.5 Å². The maximum atomic E-state index is 11.5. The molecule has 94 valence electrons. The number of anilines is 2. The van der Waals surface area contributed by atoms with Gasteiger partial charge >= 0.3 is 0 Å². The number of nitrogens with zero attached hydrogens (tertiary/aromatic N) is 3. The molecule has 1 unspecified atom stereocenters. The average molecular weight is 257 g/mol. The number of hydrogen-bond donors (Lipinski definition) is 2. The molecule has 2 rings (SSSR count). The molecule has 3 N–H and O–H groups in total. The summed E-state index contributed by atoms with van der Waals surface area (Å²) in [4.78, 5) is 10.00. The van der Waals surface area contributed by atoms with E-state index in [9.17, 15) is 8.42 Å². The first kappa shape index (κ1) is 12.1. The molecule has 0 bridgehead atoms. The maximum absolute atomic E-state index is 11.5. The molecule has 1 aliphatic heterocycles. The molecule has 8 heteroatoms. The number of nitrogen functional groups attached to an aromatic ring is 1. The van der Waals surface area contributed by atoms with Crippen LogP contribution in [0.15, 0.2) is 12.4 Å². The monoisotopic (exact) mass is 257 g/mol. The minimum atomic E-state index is -2.91. The van der Waals surface area contributed by atoms with Gasteiger partial charge in [-0.15, -0.1) is 0 Å². The fraction of sp³-hybridized carbons (Fsp3) is 0.556. The zero-order valence-corrected chi connectivity index (χ0v) is 10.3. The van der Waals surface area contributed by atoms with Crippen molar-refractivity contribution in [3.8, 4) is 0 Å². The Hall–Kier alpha value is -1.41. The molecular formula is C9H15N5O2S. The van der Waals surface area contributed by atoms with E-state index in [0.29, 0.717) is 18.2 Å². The summed E-state index contributed by atoms with van der Waals surface area (Å²) in [6.07, 6.45) is 1.40. The number of nitrogens with one attached hydrogen (secondary N) is 1. The molecule has 0 aromatic carbocycles. The summed E-state index contributed by atoms with van der Waals surface area (Å²) in [6, 6.07) is 1.61. The smallest absolute Gasteiger partial charge is 0.154 e. The van der Waals surface area contributed by atoms with Crippen LogP contribution in [0.3, 0.4) is 0 Å². The van der Waals surface area contributed by atoms with E-state index < -0.39 is 9.84 Å². The highest BCUT2D eigenvalue weighted by atomic mass is 32.2. The molecule has 0 radical (unpaired) electrons. The first-order valence-electron chi connectivity index (χ1n) is 5.27. The number of rotatable bonds is 2. The molecule has 0 aliphatic carbocycles. The van der Waals surface area contributed by atoms with Crippen molar-refractivity contribution in [1.82, 2.24) is 9.97 Å². The van der Waals surface area contributed by atoms with Gasteiger partial charge in [0.25, 0.3) is 0 Å². The number of hydrazine groups is 1. The predicted octanol–water partition coefficient (Wildman–Crippen LogP) is -0.614. The van der Waals surface area contributed by atoms with E-state index in [-0.39, 0.29) is 17.5 Å². The summed E-state index contributed by atoms with van der Waals surface area (Å²) in [6.45, 7) is 2.32. The molecule has 1 aromatic heterocycles. The van der Waals surface area contributed by atoms with E-state index >= 15 is 0 Å². The summed E-state index contributed by atoms with van der Waals surface area (Å²) in [5.74, 6) is 6.79. The molecular weight excluding hydrogens is 242 g/mol. The zero-order valence-electron chi connectivity index (χ0n) is 9.50. The van der Waals surface area contributed by atoms with E-state index in [1.807, 2.05) is 11.8 Å². The normalized spacial score (nSPS) is 23.4. The van der Waals surface area contributed by atoms with Crippen LogP contribution in [0.5, 0.6) is 0 Å². The van der Waals surface area contributed by atoms with Crippen LogP contribution in [0.1, 0.15) is 6.92 Å². The number of nitrogens with two attached hydrogens (primary N) is 1. The molecule has 7 nitrogen and oxygen atoms in total. The second-order valence-corrected chi connectivity index (χ2v) is 6.29. The van der Waals surface area contributed by atoms with E-state index in [1.165, 1.54) is 6.33 Å². The third-order valence-electron chi connectivity index (χ3n) is 2.77. The summed E-state index contributed by atoms with van der Waals surface area (Å²) in [5, 5.41) is 0. The van der Waals surface area contributed by atoms with Gasteiger partial charge < -0.3 is 10.3 Å². The Morgan fingerprint density at radius 2 is 2.29 bits per heavy atom. The predicted molar refractivity (Wildman–Crippen MR) is 65.3 cm³/mol. The van der Waals surface area contributed by atoms with Gasteiger partial charge in [-0.2, -0.15) is 0 Å². The third kappa shape index (κ3) is 2.64. The molecule has 1 aromatic rings. The van der Waals surface area contributed by atoms with Crippen molar-refractivity contribution in [2.24, 2.45) is 5.84 Å². The molecule has 0 saturated carbocycles. The lowest BCUT2D eigenvalue weighted by Gasteiger charge is -2.34. The van der Waals surface area contributed by atoms with Crippen molar-refractivity contribution in [3.05, 3.63) is 12.4 Å². The second kappa shape index (κ2) is 4.46. The highest BCUT2D eigenvalue weighted by Crippen LogP contribution is 2.20. The second-order valence-electron chi connectivity index (χ2n) is 4.06. The lowest BCUT2D eigenvalue weighted by atomic mass is 10.3. The molecule has 1 fully saturated rings. The van der Waals surface area contributed by atoms with Gasteiger partial charge in [-0.25, -0.2) is 24.2 Å². The van der Waals surface area contributed by atoms with Crippen LogP contribution in [-0.2, 0) is 9.84 Å². The standard InChI is InChI=1S/C9H15N5O2S/c1-7-5-17(15,16)3-2-14(7)9-4-8(13-10)11-6-12-9/h4,6-7H,2-3,5,10H2,1H3,(H,11,12,13). The lowest BCUT2D eigenvalue weighted by molar-refractivity contribution is 0.566. The van der Waals surface area contributed by atoms with E-state index in [1.54, 1.807) is 6.07 Å². The first-order valence-corrected chi connectivity index (χ1v) is 7.10. The minimum Gasteiger partial charge on any atom is -0.352 e. The molecule has 17 heavy (non-hydrogen) atoms. The summed E-state index contributed by atoms with van der Waals surface area (Å²) < 4.78 is 22.9. The highest BCUT2D eigenvalue weighted by Gasteiger charge is 2.28. The van der Waals surface area contributed by atoms with E-state index in [2.05, 4.69) is 15.4 Å².